The minimum atomic E-state index is -0.197. The second-order valence-corrected chi connectivity index (χ2v) is 10.3. The number of nitrogens with one attached hydrogen (secondary N) is 1. The zero-order valence-corrected chi connectivity index (χ0v) is 21.4. The summed E-state index contributed by atoms with van der Waals surface area (Å²) in [7, 11) is 0. The summed E-state index contributed by atoms with van der Waals surface area (Å²) in [4.78, 5) is 18.6. The van der Waals surface area contributed by atoms with Gasteiger partial charge in [-0.15, -0.1) is 5.10 Å². The van der Waals surface area contributed by atoms with E-state index in [1.165, 1.54) is 11.1 Å². The van der Waals surface area contributed by atoms with Gasteiger partial charge < -0.3 is 9.72 Å². The van der Waals surface area contributed by atoms with Crippen LogP contribution in [0.5, 0.6) is 0 Å². The summed E-state index contributed by atoms with van der Waals surface area (Å²) in [5, 5.41) is 13.9. The molecule has 0 bridgehead atoms. The van der Waals surface area contributed by atoms with Crippen LogP contribution in [0.4, 0.5) is 0 Å². The number of benzene rings is 1. The first-order valence-corrected chi connectivity index (χ1v) is 12.5. The molecule has 0 amide bonds. The molecule has 3 heterocycles. The number of hydrogen-bond acceptors (Lipinski definition) is 6. The van der Waals surface area contributed by atoms with Crippen LogP contribution in [0, 0.1) is 13.8 Å². The fraction of sp³-hybridized carbons (Fsp3) is 0.615. The van der Waals surface area contributed by atoms with Crippen LogP contribution in [0.2, 0.25) is 0 Å². The molecule has 4 rings (SSSR count). The van der Waals surface area contributed by atoms with Gasteiger partial charge in [0.25, 0.3) is 5.56 Å². The van der Waals surface area contributed by atoms with Gasteiger partial charge in [0.15, 0.2) is 5.82 Å². The molecule has 1 aromatic carbocycles. The van der Waals surface area contributed by atoms with Crippen molar-refractivity contribution in [1.82, 2.24) is 30.1 Å². The van der Waals surface area contributed by atoms with E-state index in [-0.39, 0.29) is 23.2 Å². The topological polar surface area (TPSA) is 88.9 Å². The molecule has 0 radical (unpaired) electrons. The van der Waals surface area contributed by atoms with Crippen molar-refractivity contribution >= 4 is 10.9 Å². The lowest BCUT2D eigenvalue weighted by atomic mass is 10.0. The maximum absolute atomic E-state index is 13.1. The molecule has 34 heavy (non-hydrogen) atoms. The molecule has 2 atom stereocenters. The van der Waals surface area contributed by atoms with Gasteiger partial charge in [0.05, 0.1) is 17.7 Å². The minimum absolute atomic E-state index is 0.0279. The molecule has 184 valence electrons. The van der Waals surface area contributed by atoms with Crippen LogP contribution in [-0.2, 0) is 16.8 Å². The van der Waals surface area contributed by atoms with Gasteiger partial charge in [-0.2, -0.15) is 0 Å². The fourth-order valence-electron chi connectivity index (χ4n) is 4.80. The van der Waals surface area contributed by atoms with Crippen LogP contribution in [0.25, 0.3) is 10.9 Å². The fourth-order valence-corrected chi connectivity index (χ4v) is 4.80. The average molecular weight is 467 g/mol. The van der Waals surface area contributed by atoms with E-state index in [4.69, 9.17) is 4.74 Å². The van der Waals surface area contributed by atoms with E-state index >= 15 is 0 Å². The van der Waals surface area contributed by atoms with Gasteiger partial charge in [0, 0.05) is 30.8 Å². The Labute approximate surface area is 201 Å². The summed E-state index contributed by atoms with van der Waals surface area (Å²) >= 11 is 0. The molecule has 1 aliphatic rings. The molecule has 0 unspecified atom stereocenters. The predicted molar refractivity (Wildman–Crippen MR) is 134 cm³/mol. The molecule has 1 aliphatic heterocycles. The SMILES string of the molecule is CC[C@H](c1nnnn1C(C)(C)CC)N(Cc1cc2cc(C)c(C)cc2[nH]c1=O)C[C@H]1CCCO1. The number of aromatic nitrogens is 5. The summed E-state index contributed by atoms with van der Waals surface area (Å²) in [5.74, 6) is 0.844. The van der Waals surface area contributed by atoms with E-state index in [9.17, 15) is 4.79 Å². The Balaban J connectivity index is 1.73. The molecule has 0 aliphatic carbocycles. The van der Waals surface area contributed by atoms with Crippen molar-refractivity contribution < 1.29 is 4.74 Å². The second kappa shape index (κ2) is 9.96. The zero-order chi connectivity index (χ0) is 24.5. The Bertz CT molecular complexity index is 1190. The summed E-state index contributed by atoms with van der Waals surface area (Å²) in [6.07, 6.45) is 4.00. The van der Waals surface area contributed by atoms with Crippen molar-refractivity contribution in [2.24, 2.45) is 0 Å². The third kappa shape index (κ3) is 4.93. The van der Waals surface area contributed by atoms with Gasteiger partial charge in [-0.3, -0.25) is 9.69 Å². The van der Waals surface area contributed by atoms with Gasteiger partial charge in [0.1, 0.15) is 0 Å². The van der Waals surface area contributed by atoms with E-state index in [1.807, 2.05) is 10.7 Å². The average Bonchev–Trinajstić information content (AvgIpc) is 3.49. The van der Waals surface area contributed by atoms with Gasteiger partial charge in [-0.1, -0.05) is 13.8 Å². The van der Waals surface area contributed by atoms with Crippen LogP contribution in [0.15, 0.2) is 23.0 Å². The van der Waals surface area contributed by atoms with Gasteiger partial charge in [0.2, 0.25) is 0 Å². The Kier molecular flexibility index (Phi) is 7.19. The van der Waals surface area contributed by atoms with E-state index in [0.717, 1.165) is 61.1 Å². The molecule has 2 aromatic heterocycles. The summed E-state index contributed by atoms with van der Waals surface area (Å²) in [5.41, 5.74) is 3.78. The highest BCUT2D eigenvalue weighted by Crippen LogP contribution is 2.30. The minimum Gasteiger partial charge on any atom is -0.377 e. The highest BCUT2D eigenvalue weighted by atomic mass is 16.5. The smallest absolute Gasteiger partial charge is 0.252 e. The number of aryl methyl sites for hydroxylation is 2. The van der Waals surface area contributed by atoms with E-state index in [2.05, 4.69) is 79.1 Å². The maximum atomic E-state index is 13.1. The molecule has 8 nitrogen and oxygen atoms in total. The lowest BCUT2D eigenvalue weighted by molar-refractivity contribution is 0.0475. The number of hydrogen-bond donors (Lipinski definition) is 1. The van der Waals surface area contributed by atoms with Crippen molar-refractivity contribution in [2.45, 2.75) is 91.5 Å². The Morgan fingerprint density at radius 3 is 2.68 bits per heavy atom. The molecule has 1 fully saturated rings. The van der Waals surface area contributed by atoms with Crippen molar-refractivity contribution in [1.29, 1.82) is 0 Å². The molecule has 0 saturated carbocycles. The number of tetrazole rings is 1. The summed E-state index contributed by atoms with van der Waals surface area (Å²) in [6.45, 7) is 14.8. The Morgan fingerprint density at radius 2 is 2.00 bits per heavy atom. The van der Waals surface area contributed by atoms with Crippen LogP contribution < -0.4 is 5.56 Å². The van der Waals surface area contributed by atoms with Crippen molar-refractivity contribution in [3.8, 4) is 0 Å². The predicted octanol–water partition coefficient (Wildman–Crippen LogP) is 4.41. The highest BCUT2D eigenvalue weighted by molar-refractivity contribution is 5.80. The molecular weight excluding hydrogens is 428 g/mol. The number of pyridine rings is 1. The monoisotopic (exact) mass is 466 g/mol. The number of fused-ring (bicyclic) bond motifs is 1. The number of aromatic amines is 1. The maximum Gasteiger partial charge on any atom is 0.252 e. The molecule has 3 aromatic rings. The van der Waals surface area contributed by atoms with E-state index < -0.39 is 0 Å². The number of nitrogens with zero attached hydrogens (tertiary/aromatic N) is 5. The largest absolute Gasteiger partial charge is 0.377 e. The highest BCUT2D eigenvalue weighted by Gasteiger charge is 2.32. The number of H-pyrrole nitrogens is 1. The molecule has 0 spiro atoms. The zero-order valence-electron chi connectivity index (χ0n) is 21.4. The van der Waals surface area contributed by atoms with Crippen molar-refractivity contribution in [2.75, 3.05) is 13.2 Å². The normalized spacial score (nSPS) is 17.7. The van der Waals surface area contributed by atoms with Crippen LogP contribution in [-0.4, -0.2) is 49.3 Å². The second-order valence-electron chi connectivity index (χ2n) is 10.3. The standard InChI is InChI=1S/C26H38N6O2/c1-7-23(24-28-29-30-32(24)26(5,6)8-2)31(16-21-10-9-11-34-21)15-20-14-19-12-17(3)18(4)13-22(19)27-25(20)33/h12-14,21,23H,7-11,15-16H2,1-6H3,(H,27,33)/t21-,23-/m1/s1. The third-order valence-electron chi connectivity index (χ3n) is 7.43. The summed E-state index contributed by atoms with van der Waals surface area (Å²) < 4.78 is 7.95. The molecule has 1 N–H and O–H groups in total. The van der Waals surface area contributed by atoms with Crippen LogP contribution >= 0.6 is 0 Å². The van der Waals surface area contributed by atoms with Crippen LogP contribution in [0.1, 0.15) is 81.9 Å². The molecular formula is C26H38N6O2. The first-order chi connectivity index (χ1) is 16.2. The number of rotatable bonds is 9. The van der Waals surface area contributed by atoms with E-state index in [0.29, 0.717) is 6.54 Å². The van der Waals surface area contributed by atoms with E-state index in [1.54, 1.807) is 0 Å². The Morgan fingerprint density at radius 1 is 1.24 bits per heavy atom. The van der Waals surface area contributed by atoms with Gasteiger partial charge in [-0.05, 0) is 98.5 Å². The molecule has 1 saturated heterocycles. The number of ether oxygens (including phenoxy) is 1. The first-order valence-electron chi connectivity index (χ1n) is 12.5. The quantitative estimate of drug-likeness (QED) is 0.503. The van der Waals surface area contributed by atoms with Gasteiger partial charge in [-0.25, -0.2) is 4.68 Å². The first kappa shape index (κ1) is 24.5. The lowest BCUT2D eigenvalue weighted by Crippen LogP contribution is -2.39. The molecule has 8 heteroatoms. The Hall–Kier alpha value is -2.58. The third-order valence-corrected chi connectivity index (χ3v) is 7.43. The van der Waals surface area contributed by atoms with Crippen molar-refractivity contribution in [3.05, 3.63) is 51.1 Å². The summed E-state index contributed by atoms with van der Waals surface area (Å²) in [6, 6.07) is 6.21. The van der Waals surface area contributed by atoms with Crippen LogP contribution in [0.3, 0.4) is 0 Å². The van der Waals surface area contributed by atoms with Gasteiger partial charge >= 0.3 is 0 Å². The lowest BCUT2D eigenvalue weighted by Gasteiger charge is -2.34. The van der Waals surface area contributed by atoms with Crippen molar-refractivity contribution in [3.63, 3.8) is 0 Å².